The fourth-order valence-corrected chi connectivity index (χ4v) is 3.00. The highest BCUT2D eigenvalue weighted by molar-refractivity contribution is 5.77. The Hall–Kier alpha value is -1.18. The average molecular weight is 200 g/mol. The van der Waals surface area contributed by atoms with E-state index in [2.05, 4.69) is 4.98 Å². The number of hydrogen-bond donors (Lipinski definition) is 0. The fourth-order valence-electron chi connectivity index (χ4n) is 3.00. The summed E-state index contributed by atoms with van der Waals surface area (Å²) in [6.45, 7) is 0. The van der Waals surface area contributed by atoms with Crippen molar-refractivity contribution >= 4 is 6.21 Å². The molecule has 2 bridgehead atoms. The minimum absolute atomic E-state index is 0.294. The molecule has 0 saturated heterocycles. The van der Waals surface area contributed by atoms with Gasteiger partial charge in [-0.25, -0.2) is 0 Å². The summed E-state index contributed by atoms with van der Waals surface area (Å²) in [5, 5.41) is 0. The molecule has 0 aromatic carbocycles. The molecule has 0 radical (unpaired) electrons. The summed E-state index contributed by atoms with van der Waals surface area (Å²) >= 11 is 0. The topological polar surface area (TPSA) is 25.2 Å². The van der Waals surface area contributed by atoms with Gasteiger partial charge in [-0.1, -0.05) is 6.07 Å². The Morgan fingerprint density at radius 3 is 2.80 bits per heavy atom. The molecule has 0 atom stereocenters. The Labute approximate surface area is 90.5 Å². The SMILES string of the molecule is C(=NC12CCC(CC1)C2)c1ccccn1. The van der Waals surface area contributed by atoms with Gasteiger partial charge in [0.15, 0.2) is 0 Å². The molecule has 3 rings (SSSR count). The van der Waals surface area contributed by atoms with Gasteiger partial charge in [-0.05, 0) is 50.2 Å². The number of nitrogens with zero attached hydrogens (tertiary/aromatic N) is 2. The van der Waals surface area contributed by atoms with Gasteiger partial charge >= 0.3 is 0 Å². The van der Waals surface area contributed by atoms with Crippen molar-refractivity contribution in [3.8, 4) is 0 Å². The van der Waals surface area contributed by atoms with E-state index in [0.29, 0.717) is 5.54 Å². The zero-order valence-electron chi connectivity index (χ0n) is 8.89. The third-order valence-electron chi connectivity index (χ3n) is 3.86. The highest BCUT2D eigenvalue weighted by atomic mass is 14.9. The molecule has 0 amide bonds. The molecule has 2 saturated carbocycles. The van der Waals surface area contributed by atoms with Crippen molar-refractivity contribution < 1.29 is 0 Å². The molecule has 2 aliphatic carbocycles. The van der Waals surface area contributed by atoms with Gasteiger partial charge in [-0.2, -0.15) is 0 Å². The predicted molar refractivity (Wildman–Crippen MR) is 61.1 cm³/mol. The molecule has 1 aromatic heterocycles. The molecule has 0 N–H and O–H groups in total. The van der Waals surface area contributed by atoms with Gasteiger partial charge in [-0.15, -0.1) is 0 Å². The second-order valence-electron chi connectivity index (χ2n) is 4.88. The first-order chi connectivity index (χ1) is 7.36. The number of hydrogen-bond acceptors (Lipinski definition) is 2. The van der Waals surface area contributed by atoms with Crippen LogP contribution in [0.15, 0.2) is 29.4 Å². The molecule has 0 unspecified atom stereocenters. The zero-order valence-corrected chi connectivity index (χ0v) is 8.89. The highest BCUT2D eigenvalue weighted by Gasteiger charge is 2.44. The Morgan fingerprint density at radius 2 is 2.20 bits per heavy atom. The van der Waals surface area contributed by atoms with Crippen molar-refractivity contribution in [3.05, 3.63) is 30.1 Å². The van der Waals surface area contributed by atoms with Crippen LogP contribution in [0, 0.1) is 5.92 Å². The second-order valence-corrected chi connectivity index (χ2v) is 4.88. The van der Waals surface area contributed by atoms with Gasteiger partial charge in [-0.3, -0.25) is 9.98 Å². The molecule has 2 aliphatic rings. The highest BCUT2D eigenvalue weighted by Crippen LogP contribution is 2.49. The smallest absolute Gasteiger partial charge is 0.0808 e. The lowest BCUT2D eigenvalue weighted by atomic mass is 9.94. The molecule has 1 heterocycles. The van der Waals surface area contributed by atoms with E-state index < -0.39 is 0 Å². The summed E-state index contributed by atoms with van der Waals surface area (Å²) < 4.78 is 0. The lowest BCUT2D eigenvalue weighted by Crippen LogP contribution is -2.19. The number of pyridine rings is 1. The van der Waals surface area contributed by atoms with Gasteiger partial charge in [0.2, 0.25) is 0 Å². The van der Waals surface area contributed by atoms with E-state index in [1.165, 1.54) is 32.1 Å². The third-order valence-corrected chi connectivity index (χ3v) is 3.86. The minimum Gasteiger partial charge on any atom is -0.284 e. The molecular weight excluding hydrogens is 184 g/mol. The molecule has 2 fully saturated rings. The summed E-state index contributed by atoms with van der Waals surface area (Å²) in [6.07, 6.45) is 10.5. The van der Waals surface area contributed by atoms with E-state index in [0.717, 1.165) is 11.6 Å². The first-order valence-corrected chi connectivity index (χ1v) is 5.83. The molecule has 78 valence electrons. The predicted octanol–water partition coefficient (Wildman–Crippen LogP) is 2.83. The van der Waals surface area contributed by atoms with E-state index >= 15 is 0 Å². The molecule has 2 nitrogen and oxygen atoms in total. The van der Waals surface area contributed by atoms with Crippen molar-refractivity contribution in [2.24, 2.45) is 10.9 Å². The van der Waals surface area contributed by atoms with E-state index in [4.69, 9.17) is 4.99 Å². The lowest BCUT2D eigenvalue weighted by molar-refractivity contribution is 0.422. The van der Waals surface area contributed by atoms with E-state index in [-0.39, 0.29) is 0 Å². The van der Waals surface area contributed by atoms with Crippen molar-refractivity contribution in [1.82, 2.24) is 4.98 Å². The van der Waals surface area contributed by atoms with Crippen LogP contribution in [0.4, 0.5) is 0 Å². The summed E-state index contributed by atoms with van der Waals surface area (Å²) in [4.78, 5) is 9.07. The maximum absolute atomic E-state index is 4.80. The van der Waals surface area contributed by atoms with Gasteiger partial charge in [0.1, 0.15) is 0 Å². The van der Waals surface area contributed by atoms with E-state index in [9.17, 15) is 0 Å². The maximum Gasteiger partial charge on any atom is 0.0808 e. The van der Waals surface area contributed by atoms with E-state index in [1.807, 2.05) is 30.6 Å². The largest absolute Gasteiger partial charge is 0.284 e. The molecule has 1 aromatic rings. The molecular formula is C13H16N2. The molecule has 2 heteroatoms. The third kappa shape index (κ3) is 1.69. The van der Waals surface area contributed by atoms with Gasteiger partial charge in [0.05, 0.1) is 11.2 Å². The second kappa shape index (κ2) is 3.44. The number of fused-ring (bicyclic) bond motifs is 2. The zero-order chi connectivity index (χ0) is 10.1. The van der Waals surface area contributed by atoms with Crippen LogP contribution in [0.25, 0.3) is 0 Å². The maximum atomic E-state index is 4.80. The van der Waals surface area contributed by atoms with Crippen LogP contribution in [-0.2, 0) is 0 Å². The van der Waals surface area contributed by atoms with Gasteiger partial charge in [0, 0.05) is 12.4 Å². The fraction of sp³-hybridized carbons (Fsp3) is 0.538. The van der Waals surface area contributed by atoms with Crippen LogP contribution in [0.2, 0.25) is 0 Å². The van der Waals surface area contributed by atoms with Crippen LogP contribution >= 0.6 is 0 Å². The van der Waals surface area contributed by atoms with Gasteiger partial charge < -0.3 is 0 Å². The standard InChI is InChI=1S/C13H16N2/c1-2-8-14-12(3-1)10-15-13-6-4-11(9-13)5-7-13/h1-3,8,10-11H,4-7,9H2. The normalized spacial score (nSPS) is 34.0. The van der Waals surface area contributed by atoms with E-state index in [1.54, 1.807) is 0 Å². The molecule has 15 heavy (non-hydrogen) atoms. The number of rotatable bonds is 2. The first-order valence-electron chi connectivity index (χ1n) is 5.83. The number of aromatic nitrogens is 1. The summed E-state index contributed by atoms with van der Waals surface area (Å²) in [6, 6.07) is 5.97. The van der Waals surface area contributed by atoms with Crippen molar-refractivity contribution in [2.45, 2.75) is 37.6 Å². The summed E-state index contributed by atoms with van der Waals surface area (Å²) in [7, 11) is 0. The Bertz CT molecular complexity index is 361. The Balaban J connectivity index is 1.78. The summed E-state index contributed by atoms with van der Waals surface area (Å²) in [5.74, 6) is 0.964. The number of aliphatic imine (C=N–C) groups is 1. The average Bonchev–Trinajstić information content (AvgIpc) is 2.89. The minimum atomic E-state index is 0.294. The van der Waals surface area contributed by atoms with Crippen LogP contribution in [0.5, 0.6) is 0 Å². The first kappa shape index (κ1) is 9.08. The monoisotopic (exact) mass is 200 g/mol. The van der Waals surface area contributed by atoms with Gasteiger partial charge in [0.25, 0.3) is 0 Å². The lowest BCUT2D eigenvalue weighted by Gasteiger charge is -2.20. The van der Waals surface area contributed by atoms with Crippen molar-refractivity contribution in [1.29, 1.82) is 0 Å². The summed E-state index contributed by atoms with van der Waals surface area (Å²) in [5.41, 5.74) is 1.28. The van der Waals surface area contributed by atoms with Crippen LogP contribution in [-0.4, -0.2) is 16.7 Å². The quantitative estimate of drug-likeness (QED) is 0.674. The Morgan fingerprint density at radius 1 is 1.33 bits per heavy atom. The molecule has 0 aliphatic heterocycles. The van der Waals surface area contributed by atoms with Crippen LogP contribution < -0.4 is 0 Å². The molecule has 0 spiro atoms. The van der Waals surface area contributed by atoms with Crippen molar-refractivity contribution in [2.75, 3.05) is 0 Å². The van der Waals surface area contributed by atoms with Crippen LogP contribution in [0.3, 0.4) is 0 Å². The van der Waals surface area contributed by atoms with Crippen molar-refractivity contribution in [3.63, 3.8) is 0 Å². The van der Waals surface area contributed by atoms with Crippen LogP contribution in [0.1, 0.15) is 37.8 Å². The Kier molecular flexibility index (Phi) is 2.08.